The van der Waals surface area contributed by atoms with Crippen molar-refractivity contribution in [3.05, 3.63) is 35.4 Å². The lowest BCUT2D eigenvalue weighted by atomic mass is 10.1. The summed E-state index contributed by atoms with van der Waals surface area (Å²) >= 11 is 0. The number of nitrogens with two attached hydrogens (primary N) is 1. The Labute approximate surface area is 66.0 Å². The molecule has 2 heteroatoms. The van der Waals surface area contributed by atoms with E-state index in [0.717, 1.165) is 12.0 Å². The monoisotopic (exact) mass is 148 g/mol. The molecule has 0 aliphatic rings. The molecule has 0 aliphatic heterocycles. The van der Waals surface area contributed by atoms with E-state index in [1.807, 2.05) is 24.5 Å². The zero-order valence-electron chi connectivity index (χ0n) is 6.21. The summed E-state index contributed by atoms with van der Waals surface area (Å²) in [7, 11) is 0. The molecular formula is C9H10NO. The molecule has 0 aliphatic carbocycles. The molecule has 0 heterocycles. The van der Waals surface area contributed by atoms with Crippen LogP contribution < -0.4 is 5.73 Å². The molecular weight excluding hydrogens is 138 g/mol. The third-order valence-corrected chi connectivity index (χ3v) is 1.54. The summed E-state index contributed by atoms with van der Waals surface area (Å²) in [6, 6.07) is 7.36. The Kier molecular flexibility index (Phi) is 2.81. The zero-order chi connectivity index (χ0) is 8.10. The van der Waals surface area contributed by atoms with E-state index < -0.39 is 0 Å². The Balaban J connectivity index is 2.92. The van der Waals surface area contributed by atoms with E-state index >= 15 is 0 Å². The first-order chi connectivity index (χ1) is 5.38. The maximum Gasteiger partial charge on any atom is 0.233 e. The van der Waals surface area contributed by atoms with Gasteiger partial charge in [0, 0.05) is 5.56 Å². The molecule has 0 amide bonds. The van der Waals surface area contributed by atoms with Crippen LogP contribution in [0.1, 0.15) is 11.1 Å². The van der Waals surface area contributed by atoms with Gasteiger partial charge in [0.2, 0.25) is 6.29 Å². The first-order valence-electron chi connectivity index (χ1n) is 3.54. The summed E-state index contributed by atoms with van der Waals surface area (Å²) in [5.41, 5.74) is 6.95. The number of hydrogen-bond donors (Lipinski definition) is 1. The van der Waals surface area contributed by atoms with Gasteiger partial charge in [-0.3, -0.25) is 4.79 Å². The van der Waals surface area contributed by atoms with Crippen LogP contribution in [0.5, 0.6) is 0 Å². The molecule has 0 saturated heterocycles. The first kappa shape index (κ1) is 7.95. The summed E-state index contributed by atoms with van der Waals surface area (Å²) in [6.07, 6.45) is 2.62. The van der Waals surface area contributed by atoms with Crippen molar-refractivity contribution in [2.75, 3.05) is 6.54 Å². The smallest absolute Gasteiger partial charge is 0.233 e. The van der Waals surface area contributed by atoms with E-state index in [1.54, 1.807) is 6.07 Å². The molecule has 1 rings (SSSR count). The molecule has 1 radical (unpaired) electrons. The van der Waals surface area contributed by atoms with Crippen molar-refractivity contribution in [1.29, 1.82) is 0 Å². The van der Waals surface area contributed by atoms with Crippen LogP contribution in [-0.4, -0.2) is 12.8 Å². The Bertz CT molecular complexity index is 245. The summed E-state index contributed by atoms with van der Waals surface area (Å²) in [4.78, 5) is 10.3. The highest BCUT2D eigenvalue weighted by Crippen LogP contribution is 2.05. The maximum atomic E-state index is 10.3. The average Bonchev–Trinajstić information content (AvgIpc) is 2.06. The summed E-state index contributed by atoms with van der Waals surface area (Å²) in [6.45, 7) is 0.568. The quantitative estimate of drug-likeness (QED) is 0.683. The van der Waals surface area contributed by atoms with Crippen LogP contribution in [0.3, 0.4) is 0 Å². The SMILES string of the molecule is NCCc1ccccc1[C]=O. The van der Waals surface area contributed by atoms with Crippen molar-refractivity contribution in [2.45, 2.75) is 6.42 Å². The van der Waals surface area contributed by atoms with Crippen LogP contribution in [0, 0.1) is 0 Å². The van der Waals surface area contributed by atoms with Crippen LogP contribution in [0.2, 0.25) is 0 Å². The zero-order valence-corrected chi connectivity index (χ0v) is 6.21. The molecule has 1 aromatic carbocycles. The lowest BCUT2D eigenvalue weighted by Gasteiger charge is -1.99. The minimum absolute atomic E-state index is 0.568. The molecule has 0 bridgehead atoms. The van der Waals surface area contributed by atoms with Gasteiger partial charge in [-0.1, -0.05) is 24.3 Å². The normalized spacial score (nSPS) is 9.55. The molecule has 2 N–H and O–H groups in total. The fourth-order valence-corrected chi connectivity index (χ4v) is 0.993. The summed E-state index contributed by atoms with van der Waals surface area (Å²) < 4.78 is 0. The van der Waals surface area contributed by atoms with Crippen molar-refractivity contribution >= 4 is 6.29 Å². The van der Waals surface area contributed by atoms with Crippen LogP contribution in [0.25, 0.3) is 0 Å². The van der Waals surface area contributed by atoms with Gasteiger partial charge >= 0.3 is 0 Å². The molecule has 2 nitrogen and oxygen atoms in total. The van der Waals surface area contributed by atoms with Crippen LogP contribution in [0.15, 0.2) is 24.3 Å². The summed E-state index contributed by atoms with van der Waals surface area (Å²) in [5, 5.41) is 0. The van der Waals surface area contributed by atoms with Gasteiger partial charge in [-0.15, -0.1) is 0 Å². The molecule has 0 aromatic heterocycles. The lowest BCUT2D eigenvalue weighted by Crippen LogP contribution is -2.04. The lowest BCUT2D eigenvalue weighted by molar-refractivity contribution is 0.562. The van der Waals surface area contributed by atoms with Gasteiger partial charge in [0.15, 0.2) is 0 Å². The van der Waals surface area contributed by atoms with Gasteiger partial charge in [0.05, 0.1) is 0 Å². The van der Waals surface area contributed by atoms with Gasteiger partial charge in [-0.25, -0.2) is 0 Å². The second-order valence-electron chi connectivity index (χ2n) is 2.30. The van der Waals surface area contributed by atoms with Crippen LogP contribution >= 0.6 is 0 Å². The molecule has 0 unspecified atom stereocenters. The van der Waals surface area contributed by atoms with Gasteiger partial charge in [0.1, 0.15) is 0 Å². The van der Waals surface area contributed by atoms with E-state index in [9.17, 15) is 4.79 Å². The average molecular weight is 148 g/mol. The van der Waals surface area contributed by atoms with E-state index in [1.165, 1.54) is 0 Å². The predicted octanol–water partition coefficient (Wildman–Crippen LogP) is 0.646. The molecule has 0 atom stereocenters. The minimum atomic E-state index is 0.568. The third-order valence-electron chi connectivity index (χ3n) is 1.54. The molecule has 57 valence electrons. The van der Waals surface area contributed by atoms with Crippen molar-refractivity contribution in [3.63, 3.8) is 0 Å². The molecule has 11 heavy (non-hydrogen) atoms. The predicted molar refractivity (Wildman–Crippen MR) is 44.0 cm³/mol. The Morgan fingerprint density at radius 2 is 2.09 bits per heavy atom. The fraction of sp³-hybridized carbons (Fsp3) is 0.222. The molecule has 0 saturated carbocycles. The van der Waals surface area contributed by atoms with E-state index in [0.29, 0.717) is 12.1 Å². The van der Waals surface area contributed by atoms with E-state index in [4.69, 9.17) is 5.73 Å². The molecule has 0 spiro atoms. The fourth-order valence-electron chi connectivity index (χ4n) is 0.993. The Hall–Kier alpha value is -1.15. The van der Waals surface area contributed by atoms with Crippen molar-refractivity contribution in [2.24, 2.45) is 5.73 Å². The highest BCUT2D eigenvalue weighted by molar-refractivity contribution is 5.77. The van der Waals surface area contributed by atoms with Gasteiger partial charge in [0.25, 0.3) is 0 Å². The second-order valence-corrected chi connectivity index (χ2v) is 2.30. The van der Waals surface area contributed by atoms with E-state index in [-0.39, 0.29) is 0 Å². The second kappa shape index (κ2) is 3.88. The standard InChI is InChI=1S/C9H10NO/c10-6-5-8-3-1-2-4-9(8)7-11/h1-4H,5-6,10H2. The number of benzene rings is 1. The van der Waals surface area contributed by atoms with Crippen molar-refractivity contribution in [3.8, 4) is 0 Å². The molecule has 0 fully saturated rings. The number of carbonyl (C=O) groups excluding carboxylic acids is 1. The van der Waals surface area contributed by atoms with Crippen LogP contribution in [-0.2, 0) is 11.2 Å². The van der Waals surface area contributed by atoms with Gasteiger partial charge in [-0.05, 0) is 18.5 Å². The topological polar surface area (TPSA) is 43.1 Å². The minimum Gasteiger partial charge on any atom is -0.330 e. The summed E-state index contributed by atoms with van der Waals surface area (Å²) in [5.74, 6) is 0. The molecule has 1 aromatic rings. The third kappa shape index (κ3) is 1.88. The van der Waals surface area contributed by atoms with Crippen molar-refractivity contribution in [1.82, 2.24) is 0 Å². The first-order valence-corrected chi connectivity index (χ1v) is 3.54. The van der Waals surface area contributed by atoms with Gasteiger partial charge in [-0.2, -0.15) is 0 Å². The Morgan fingerprint density at radius 1 is 1.36 bits per heavy atom. The number of rotatable bonds is 3. The largest absolute Gasteiger partial charge is 0.330 e. The Morgan fingerprint density at radius 3 is 2.73 bits per heavy atom. The van der Waals surface area contributed by atoms with Crippen molar-refractivity contribution < 1.29 is 4.79 Å². The maximum absolute atomic E-state index is 10.3. The van der Waals surface area contributed by atoms with Gasteiger partial charge < -0.3 is 5.73 Å². The highest BCUT2D eigenvalue weighted by atomic mass is 16.1. The van der Waals surface area contributed by atoms with E-state index in [2.05, 4.69) is 0 Å². The van der Waals surface area contributed by atoms with Crippen LogP contribution in [0.4, 0.5) is 0 Å². The number of hydrogen-bond acceptors (Lipinski definition) is 2. The highest BCUT2D eigenvalue weighted by Gasteiger charge is 1.98.